The lowest BCUT2D eigenvalue weighted by Crippen LogP contribution is -2.70. The van der Waals surface area contributed by atoms with E-state index in [-0.39, 0.29) is 26.9 Å². The molecule has 0 radical (unpaired) electrons. The molecule has 40 heavy (non-hydrogen) atoms. The molecule has 3 atom stereocenters. The zero-order valence-corrected chi connectivity index (χ0v) is 22.8. The number of allylic oxidation sites excluding steroid dienone is 1. The van der Waals surface area contributed by atoms with Crippen LogP contribution in [0.15, 0.2) is 39.3 Å². The maximum Gasteiger partial charge on any atom is 0.347 e. The fraction of sp³-hybridized carbons (Fsp3) is 0.273. The number of aromatic nitrogens is 3. The van der Waals surface area contributed by atoms with Gasteiger partial charge in [-0.1, -0.05) is 28.1 Å². The molecule has 2 amide bonds. The van der Waals surface area contributed by atoms with Crippen LogP contribution in [0.1, 0.15) is 12.6 Å². The Morgan fingerprint density at radius 2 is 2.23 bits per heavy atom. The number of hydrogen-bond donors (Lipinski definition) is 4. The number of halogens is 1. The fourth-order valence-corrected chi connectivity index (χ4v) is 6.30. The lowest BCUT2D eigenvalue weighted by molar-refractivity contribution is -0.688. The zero-order valence-electron chi connectivity index (χ0n) is 20.4. The Kier molecular flexibility index (Phi) is 7.35. The van der Waals surface area contributed by atoms with Crippen molar-refractivity contribution in [1.29, 1.82) is 0 Å². The predicted octanol–water partition coefficient (Wildman–Crippen LogP) is 0.137. The Bertz CT molecular complexity index is 1620. The largest absolute Gasteiger partial charge is 0.478 e. The van der Waals surface area contributed by atoms with Gasteiger partial charge in [0.2, 0.25) is 17.9 Å². The Balaban J connectivity index is 1.34. The number of amides is 2. The number of nitrogens with two attached hydrogens (primary N) is 2. The number of oxime groups is 1. The molecule has 1 fully saturated rings. The van der Waals surface area contributed by atoms with E-state index in [9.17, 15) is 19.2 Å². The van der Waals surface area contributed by atoms with E-state index < -0.39 is 41.0 Å². The standard InChI is InChI=1S/C22H19ClN8O7S2/c1-8(20(35)36)38-29-14(13-16(23)40-22(25)28-13)17(33)27-15-18(34)31-11(6-32)9(7-39-19(15)31)4-30-3-2-10-12(5-30)37-21(24)26-10/h2-3,5-6,8,15,19,24H,4,7H2,1H3,(H4,25,27,28,33,35,36)/p+1/b29-14-/t8-,15?,19?/m0/s1. The number of β-lactam (4-membered cyclic amide) rings is 1. The van der Waals surface area contributed by atoms with Crippen LogP contribution in [0.2, 0.25) is 4.34 Å². The normalized spacial score (nSPS) is 19.7. The van der Waals surface area contributed by atoms with Gasteiger partial charge in [0.25, 0.3) is 17.8 Å². The van der Waals surface area contributed by atoms with E-state index in [0.29, 0.717) is 35.3 Å². The summed E-state index contributed by atoms with van der Waals surface area (Å²) in [6.07, 6.45) is 2.67. The number of thioether (sulfide) groups is 1. The van der Waals surface area contributed by atoms with Crippen LogP contribution < -0.4 is 21.4 Å². The van der Waals surface area contributed by atoms with Crippen molar-refractivity contribution in [2.24, 2.45) is 5.16 Å². The molecule has 2 aliphatic rings. The molecular weight excluding hydrogens is 588 g/mol. The third-order valence-corrected chi connectivity index (χ3v) is 8.38. The van der Waals surface area contributed by atoms with Gasteiger partial charge in [-0.15, -0.1) is 11.8 Å². The molecule has 0 aliphatic carbocycles. The lowest BCUT2D eigenvalue weighted by Gasteiger charge is -2.49. The molecule has 0 saturated carbocycles. The third-order valence-electron chi connectivity index (χ3n) is 5.96. The minimum Gasteiger partial charge on any atom is -0.478 e. The Morgan fingerprint density at radius 3 is 2.90 bits per heavy atom. The monoisotopic (exact) mass is 607 g/mol. The smallest absolute Gasteiger partial charge is 0.347 e. The number of pyridine rings is 1. The Hall–Kier alpha value is -4.22. The van der Waals surface area contributed by atoms with Gasteiger partial charge >= 0.3 is 5.97 Å². The molecular formula is C22H20ClN8O7S2+. The van der Waals surface area contributed by atoms with Gasteiger partial charge in [-0.05, 0) is 6.92 Å². The summed E-state index contributed by atoms with van der Waals surface area (Å²) in [5, 5.41) is 14.8. The van der Waals surface area contributed by atoms with Crippen molar-refractivity contribution >= 4 is 86.7 Å². The van der Waals surface area contributed by atoms with Crippen LogP contribution in [0, 0.1) is 0 Å². The number of carboxylic acid groups (broad SMARTS) is 1. The number of rotatable bonds is 9. The highest BCUT2D eigenvalue weighted by Gasteiger charge is 2.53. The summed E-state index contributed by atoms with van der Waals surface area (Å²) in [5.41, 5.74) is 12.6. The number of aliphatic carboxylic acids is 1. The highest BCUT2D eigenvalue weighted by atomic mass is 35.5. The molecule has 3 aromatic heterocycles. The molecule has 2 unspecified atom stereocenters. The van der Waals surface area contributed by atoms with Crippen LogP contribution in [0.4, 0.5) is 11.1 Å². The number of hydrogen-bond acceptors (Lipinski definition) is 13. The molecule has 6 N–H and O–H groups in total. The van der Waals surface area contributed by atoms with Crippen molar-refractivity contribution in [1.82, 2.24) is 20.2 Å². The van der Waals surface area contributed by atoms with Gasteiger partial charge in [0.15, 0.2) is 29.9 Å². The van der Waals surface area contributed by atoms with E-state index in [1.165, 1.54) is 23.6 Å². The molecule has 15 nitrogen and oxygen atoms in total. The Labute approximate surface area is 237 Å². The maximum absolute atomic E-state index is 13.2. The van der Waals surface area contributed by atoms with Crippen molar-refractivity contribution in [3.8, 4) is 0 Å². The quantitative estimate of drug-likeness (QED) is 0.0838. The second-order valence-corrected chi connectivity index (χ2v) is 11.3. The van der Waals surface area contributed by atoms with Crippen LogP contribution in [-0.2, 0) is 30.6 Å². The molecule has 5 rings (SSSR count). The van der Waals surface area contributed by atoms with E-state index in [2.05, 4.69) is 20.4 Å². The number of carbonyl (C=O) groups is 4. The molecule has 208 valence electrons. The lowest BCUT2D eigenvalue weighted by atomic mass is 10.0. The zero-order chi connectivity index (χ0) is 28.7. The number of fused-ring (bicyclic) bond motifs is 2. The summed E-state index contributed by atoms with van der Waals surface area (Å²) >= 11 is 8.37. The van der Waals surface area contributed by atoms with Crippen molar-refractivity contribution in [2.75, 3.05) is 17.2 Å². The highest BCUT2D eigenvalue weighted by Crippen LogP contribution is 2.39. The van der Waals surface area contributed by atoms with Crippen molar-refractivity contribution in [3.63, 3.8) is 0 Å². The summed E-state index contributed by atoms with van der Waals surface area (Å²) in [4.78, 5) is 63.8. The number of oxazole rings is 1. The van der Waals surface area contributed by atoms with E-state index in [1.54, 1.807) is 23.0 Å². The van der Waals surface area contributed by atoms with Gasteiger partial charge in [-0.2, -0.15) is 9.55 Å². The van der Waals surface area contributed by atoms with Gasteiger partial charge in [0, 0.05) is 17.4 Å². The fourth-order valence-electron chi connectivity index (χ4n) is 4.01. The average molecular weight is 608 g/mol. The van der Waals surface area contributed by atoms with E-state index in [0.717, 1.165) is 11.3 Å². The topological polar surface area (TPSA) is 220 Å². The molecule has 0 aromatic carbocycles. The SMILES string of the molecule is C[C@H](O/N=C(\C(=O)NC1C(=O)N2C(C=O)=C(C[n+]3ccc4nc(N)oc4c3)CSC12)c1nc(N)sc1Cl)C(=O)O. The van der Waals surface area contributed by atoms with E-state index in [4.69, 9.17) is 37.4 Å². The van der Waals surface area contributed by atoms with E-state index >= 15 is 0 Å². The molecule has 2 aliphatic heterocycles. The number of anilines is 2. The molecule has 5 heterocycles. The average Bonchev–Trinajstić information content (AvgIpc) is 3.45. The van der Waals surface area contributed by atoms with Crippen molar-refractivity contribution in [3.05, 3.63) is 39.8 Å². The summed E-state index contributed by atoms with van der Waals surface area (Å²) in [6.45, 7) is 1.51. The first-order valence-corrected chi connectivity index (χ1v) is 13.7. The Morgan fingerprint density at radius 1 is 1.45 bits per heavy atom. The van der Waals surface area contributed by atoms with Gasteiger partial charge in [-0.25, -0.2) is 9.78 Å². The van der Waals surface area contributed by atoms with Gasteiger partial charge in [0.05, 0.1) is 5.70 Å². The number of carboxylic acids is 1. The molecule has 3 aromatic rings. The summed E-state index contributed by atoms with van der Waals surface area (Å²) < 4.78 is 7.15. The number of aldehydes is 1. The minimum atomic E-state index is -1.38. The van der Waals surface area contributed by atoms with E-state index in [1.807, 2.05) is 0 Å². The predicted molar refractivity (Wildman–Crippen MR) is 143 cm³/mol. The van der Waals surface area contributed by atoms with Crippen molar-refractivity contribution < 1.29 is 38.1 Å². The van der Waals surface area contributed by atoms with Gasteiger partial charge in [-0.3, -0.25) is 19.3 Å². The maximum atomic E-state index is 13.2. The van der Waals surface area contributed by atoms with Crippen LogP contribution in [0.5, 0.6) is 0 Å². The first kappa shape index (κ1) is 27.4. The highest BCUT2D eigenvalue weighted by molar-refractivity contribution is 8.00. The first-order chi connectivity index (χ1) is 19.1. The molecule has 0 spiro atoms. The summed E-state index contributed by atoms with van der Waals surface area (Å²) in [7, 11) is 0. The minimum absolute atomic E-state index is 0.0195. The summed E-state index contributed by atoms with van der Waals surface area (Å²) in [6, 6.07) is 0.747. The second-order valence-electron chi connectivity index (χ2n) is 8.59. The van der Waals surface area contributed by atoms with Crippen LogP contribution >= 0.6 is 34.7 Å². The second kappa shape index (κ2) is 10.7. The van der Waals surface area contributed by atoms with Crippen LogP contribution in [0.3, 0.4) is 0 Å². The van der Waals surface area contributed by atoms with Crippen LogP contribution in [-0.4, -0.2) is 73.0 Å². The number of nitrogens with zero attached hydrogens (tertiary/aromatic N) is 5. The number of thiazole rings is 1. The molecule has 0 bridgehead atoms. The number of nitrogens with one attached hydrogen (secondary N) is 1. The van der Waals surface area contributed by atoms with Crippen LogP contribution in [0.25, 0.3) is 11.1 Å². The van der Waals surface area contributed by atoms with Gasteiger partial charge < -0.3 is 31.1 Å². The first-order valence-electron chi connectivity index (χ1n) is 11.4. The van der Waals surface area contributed by atoms with Gasteiger partial charge in [0.1, 0.15) is 27.0 Å². The number of nitrogen functional groups attached to an aromatic ring is 2. The number of carbonyl (C=O) groups excluding carboxylic acids is 3. The molecule has 18 heteroatoms. The summed E-state index contributed by atoms with van der Waals surface area (Å²) in [5.74, 6) is -2.33. The third kappa shape index (κ3) is 5.05. The molecule has 1 saturated heterocycles. The van der Waals surface area contributed by atoms with Crippen molar-refractivity contribution in [2.45, 2.75) is 31.0 Å².